The van der Waals surface area contributed by atoms with Crippen LogP contribution in [0.3, 0.4) is 0 Å². The van der Waals surface area contributed by atoms with Crippen LogP contribution in [0.4, 0.5) is 0 Å². The SMILES string of the molecule is N#CNOC(=O)CNC(=N)N. The number of carbonyl (C=O) groups is 1. The van der Waals surface area contributed by atoms with Gasteiger partial charge in [0.25, 0.3) is 0 Å². The molecule has 0 spiro atoms. The average molecular weight is 157 g/mol. The molecule has 0 aromatic carbocycles. The molecule has 0 aromatic rings. The molecular formula is C4H7N5O2. The fourth-order valence-corrected chi connectivity index (χ4v) is 0.283. The van der Waals surface area contributed by atoms with Crippen LogP contribution in [-0.4, -0.2) is 18.5 Å². The maximum Gasteiger partial charge on any atom is 0.351 e. The summed E-state index contributed by atoms with van der Waals surface area (Å²) in [6, 6.07) is 0. The Kier molecular flexibility index (Phi) is 4.00. The van der Waals surface area contributed by atoms with E-state index in [4.69, 9.17) is 16.4 Å². The highest BCUT2D eigenvalue weighted by atomic mass is 16.7. The number of hydrogen-bond acceptors (Lipinski definition) is 5. The molecule has 7 nitrogen and oxygen atoms in total. The van der Waals surface area contributed by atoms with Gasteiger partial charge in [0.15, 0.2) is 5.96 Å². The summed E-state index contributed by atoms with van der Waals surface area (Å²) in [5.74, 6) is -1.05. The zero-order valence-corrected chi connectivity index (χ0v) is 5.55. The zero-order chi connectivity index (χ0) is 8.69. The van der Waals surface area contributed by atoms with Gasteiger partial charge in [-0.15, -0.1) is 0 Å². The van der Waals surface area contributed by atoms with Crippen LogP contribution in [0, 0.1) is 16.9 Å². The lowest BCUT2D eigenvalue weighted by atomic mass is 10.6. The summed E-state index contributed by atoms with van der Waals surface area (Å²) in [7, 11) is 0. The van der Waals surface area contributed by atoms with E-state index in [0.717, 1.165) is 0 Å². The number of hydrogen-bond donors (Lipinski definition) is 4. The van der Waals surface area contributed by atoms with Crippen LogP contribution < -0.4 is 16.5 Å². The topological polar surface area (TPSA) is 124 Å². The summed E-state index contributed by atoms with van der Waals surface area (Å²) in [4.78, 5) is 14.5. The number of hydroxylamine groups is 1. The highest BCUT2D eigenvalue weighted by molar-refractivity contribution is 5.80. The molecule has 60 valence electrons. The standard InChI is InChI=1S/C4H7N5O2/c5-2-9-11-3(10)1-8-4(6)7/h9H,1H2,(H4,6,7,8). The number of nitrogens with zero attached hydrogens (tertiary/aromatic N) is 1. The second-order valence-corrected chi connectivity index (χ2v) is 1.46. The molecule has 0 unspecified atom stereocenters. The van der Waals surface area contributed by atoms with E-state index in [0.29, 0.717) is 0 Å². The van der Waals surface area contributed by atoms with Crippen LogP contribution in [-0.2, 0) is 9.63 Å². The van der Waals surface area contributed by atoms with Crippen molar-refractivity contribution in [2.24, 2.45) is 5.73 Å². The first-order valence-electron chi connectivity index (χ1n) is 2.58. The Morgan fingerprint density at radius 1 is 1.82 bits per heavy atom. The summed E-state index contributed by atoms with van der Waals surface area (Å²) in [6.45, 7) is -0.246. The van der Waals surface area contributed by atoms with E-state index in [1.807, 2.05) is 0 Å². The number of nitrogens with one attached hydrogen (secondary N) is 3. The molecule has 0 aromatic heterocycles. The van der Waals surface area contributed by atoms with Crippen LogP contribution in [0.15, 0.2) is 0 Å². The molecule has 0 radical (unpaired) electrons. The highest BCUT2D eigenvalue weighted by Gasteiger charge is 2.00. The maximum atomic E-state index is 10.5. The smallest absolute Gasteiger partial charge is 0.351 e. The van der Waals surface area contributed by atoms with Crippen LogP contribution >= 0.6 is 0 Å². The van der Waals surface area contributed by atoms with Crippen LogP contribution in [0.1, 0.15) is 0 Å². The molecule has 0 heterocycles. The van der Waals surface area contributed by atoms with Gasteiger partial charge in [0, 0.05) is 0 Å². The minimum Gasteiger partial charge on any atom is -0.370 e. The van der Waals surface area contributed by atoms with Gasteiger partial charge < -0.3 is 15.9 Å². The van der Waals surface area contributed by atoms with Gasteiger partial charge >= 0.3 is 5.97 Å². The number of nitrogens with two attached hydrogens (primary N) is 1. The molecule has 0 aliphatic carbocycles. The van der Waals surface area contributed by atoms with Crippen molar-refractivity contribution < 1.29 is 9.63 Å². The third-order valence-corrected chi connectivity index (χ3v) is 0.634. The van der Waals surface area contributed by atoms with Gasteiger partial charge in [0.1, 0.15) is 6.54 Å². The predicted octanol–water partition coefficient (Wildman–Crippen LogP) is -2.00. The highest BCUT2D eigenvalue weighted by Crippen LogP contribution is 1.68. The van der Waals surface area contributed by atoms with Gasteiger partial charge in [0.05, 0.1) is 0 Å². The van der Waals surface area contributed by atoms with Gasteiger partial charge in [-0.25, -0.2) is 4.79 Å². The number of carbonyl (C=O) groups excluding carboxylic acids is 1. The Hall–Kier alpha value is -1.97. The fraction of sp³-hybridized carbons (Fsp3) is 0.250. The molecule has 0 bridgehead atoms. The molecule has 7 heteroatoms. The molecule has 0 rings (SSSR count). The Morgan fingerprint density at radius 3 is 2.91 bits per heavy atom. The molecule has 0 amide bonds. The number of nitriles is 1. The maximum absolute atomic E-state index is 10.5. The zero-order valence-electron chi connectivity index (χ0n) is 5.55. The van der Waals surface area contributed by atoms with Crippen molar-refractivity contribution >= 4 is 11.9 Å². The molecule has 0 aliphatic rings. The van der Waals surface area contributed by atoms with Crippen molar-refractivity contribution in [2.45, 2.75) is 0 Å². The molecule has 5 N–H and O–H groups in total. The first-order chi connectivity index (χ1) is 5.16. The summed E-state index contributed by atoms with van der Waals surface area (Å²) >= 11 is 0. The Balaban J connectivity index is 3.39. The van der Waals surface area contributed by atoms with Crippen LogP contribution in [0.25, 0.3) is 0 Å². The van der Waals surface area contributed by atoms with E-state index in [-0.39, 0.29) is 12.5 Å². The van der Waals surface area contributed by atoms with Crippen molar-refractivity contribution in [3.63, 3.8) is 0 Å². The normalized spacial score (nSPS) is 7.55. The quantitative estimate of drug-likeness (QED) is 0.123. The second kappa shape index (κ2) is 4.87. The molecule has 0 atom stereocenters. The lowest BCUT2D eigenvalue weighted by Crippen LogP contribution is -2.36. The minimum atomic E-state index is -0.721. The lowest BCUT2D eigenvalue weighted by Gasteiger charge is -2.00. The third kappa shape index (κ3) is 5.91. The minimum absolute atomic E-state index is 0.246. The van der Waals surface area contributed by atoms with Gasteiger partial charge in [-0.2, -0.15) is 10.7 Å². The average Bonchev–Trinajstić information content (AvgIpc) is 1.97. The van der Waals surface area contributed by atoms with E-state index in [9.17, 15) is 4.79 Å². The van der Waals surface area contributed by atoms with Crippen molar-refractivity contribution in [3.05, 3.63) is 0 Å². The Labute approximate surface area is 62.6 Å². The van der Waals surface area contributed by atoms with E-state index >= 15 is 0 Å². The number of rotatable bonds is 3. The van der Waals surface area contributed by atoms with Crippen LogP contribution in [0.2, 0.25) is 0 Å². The van der Waals surface area contributed by atoms with Crippen molar-refractivity contribution in [2.75, 3.05) is 6.54 Å². The second-order valence-electron chi connectivity index (χ2n) is 1.46. The van der Waals surface area contributed by atoms with E-state index in [1.54, 1.807) is 5.48 Å². The molecule has 0 saturated heterocycles. The van der Waals surface area contributed by atoms with Gasteiger partial charge in [0.2, 0.25) is 6.19 Å². The van der Waals surface area contributed by atoms with Gasteiger partial charge in [-0.3, -0.25) is 5.41 Å². The molecule has 11 heavy (non-hydrogen) atoms. The van der Waals surface area contributed by atoms with Crippen molar-refractivity contribution in [1.82, 2.24) is 10.8 Å². The monoisotopic (exact) mass is 157 g/mol. The summed E-state index contributed by atoms with van der Waals surface area (Å²) in [5.41, 5.74) is 6.52. The first-order valence-corrected chi connectivity index (χ1v) is 2.58. The molecular weight excluding hydrogens is 150 g/mol. The summed E-state index contributed by atoms with van der Waals surface area (Å²) in [6.07, 6.45) is 1.38. The van der Waals surface area contributed by atoms with Gasteiger partial charge in [-0.05, 0) is 0 Å². The van der Waals surface area contributed by atoms with E-state index in [1.165, 1.54) is 6.19 Å². The Bertz CT molecular complexity index is 195. The number of guanidine groups is 1. The first kappa shape index (κ1) is 9.03. The lowest BCUT2D eigenvalue weighted by molar-refractivity contribution is -0.147. The van der Waals surface area contributed by atoms with Gasteiger partial charge in [-0.1, -0.05) is 0 Å². The largest absolute Gasteiger partial charge is 0.370 e. The van der Waals surface area contributed by atoms with E-state index in [2.05, 4.69) is 10.2 Å². The summed E-state index contributed by atoms with van der Waals surface area (Å²) < 4.78 is 0. The summed E-state index contributed by atoms with van der Waals surface area (Å²) in [5, 5.41) is 16.7. The fourth-order valence-electron chi connectivity index (χ4n) is 0.283. The van der Waals surface area contributed by atoms with Crippen molar-refractivity contribution in [3.8, 4) is 6.19 Å². The molecule has 0 aliphatic heterocycles. The Morgan fingerprint density at radius 2 is 2.45 bits per heavy atom. The molecule has 0 fully saturated rings. The third-order valence-electron chi connectivity index (χ3n) is 0.634. The van der Waals surface area contributed by atoms with E-state index < -0.39 is 5.97 Å². The van der Waals surface area contributed by atoms with Crippen molar-refractivity contribution in [1.29, 1.82) is 10.7 Å². The molecule has 0 saturated carbocycles. The predicted molar refractivity (Wildman–Crippen MR) is 34.8 cm³/mol. The van der Waals surface area contributed by atoms with Crippen LogP contribution in [0.5, 0.6) is 0 Å².